The first-order chi connectivity index (χ1) is 14.5. The van der Waals surface area contributed by atoms with E-state index >= 15 is 0 Å². The van der Waals surface area contributed by atoms with Crippen LogP contribution < -0.4 is 15.4 Å². The van der Waals surface area contributed by atoms with Gasteiger partial charge in [0.05, 0.1) is 12.4 Å². The molecular formula is C20H19ClN4O3S2. The Kier molecular flexibility index (Phi) is 8.06. The lowest BCUT2D eigenvalue weighted by Gasteiger charge is -2.06. The molecule has 1 aromatic heterocycles. The molecule has 0 aliphatic carbocycles. The Bertz CT molecular complexity index is 1010. The van der Waals surface area contributed by atoms with Gasteiger partial charge in [-0.05, 0) is 42.8 Å². The maximum atomic E-state index is 12.3. The number of ether oxygens (including phenoxy) is 1. The molecule has 0 unspecified atom stereocenters. The number of nitrogens with zero attached hydrogens (tertiary/aromatic N) is 2. The molecule has 7 nitrogen and oxygen atoms in total. The van der Waals surface area contributed by atoms with E-state index in [1.165, 1.54) is 11.8 Å². The second-order valence-electron chi connectivity index (χ2n) is 5.98. The monoisotopic (exact) mass is 462 g/mol. The van der Waals surface area contributed by atoms with Gasteiger partial charge in [-0.1, -0.05) is 52.9 Å². The molecule has 0 aliphatic heterocycles. The highest BCUT2D eigenvalue weighted by atomic mass is 35.5. The van der Waals surface area contributed by atoms with Gasteiger partial charge in [0.2, 0.25) is 10.9 Å². The van der Waals surface area contributed by atoms with Crippen LogP contribution in [0.2, 0.25) is 5.02 Å². The molecule has 0 radical (unpaired) electrons. The summed E-state index contributed by atoms with van der Waals surface area (Å²) in [5.74, 6) is 0.479. The van der Waals surface area contributed by atoms with Gasteiger partial charge >= 0.3 is 0 Å². The van der Waals surface area contributed by atoms with Crippen molar-refractivity contribution in [3.8, 4) is 5.75 Å². The number of hydrogen-bond donors (Lipinski definition) is 2. The number of halogens is 1. The molecule has 2 N–H and O–H groups in total. The number of benzene rings is 2. The first-order valence-electron chi connectivity index (χ1n) is 9.05. The van der Waals surface area contributed by atoms with Gasteiger partial charge < -0.3 is 15.4 Å². The number of hydrogen-bond acceptors (Lipinski definition) is 7. The molecule has 30 heavy (non-hydrogen) atoms. The maximum absolute atomic E-state index is 12.3. The van der Waals surface area contributed by atoms with Crippen molar-refractivity contribution in [2.75, 3.05) is 17.7 Å². The summed E-state index contributed by atoms with van der Waals surface area (Å²) < 4.78 is 5.94. The maximum Gasteiger partial charge on any atom is 0.286 e. The normalized spacial score (nSPS) is 10.5. The lowest BCUT2D eigenvalue weighted by molar-refractivity contribution is -0.118. The topological polar surface area (TPSA) is 93.2 Å². The predicted molar refractivity (Wildman–Crippen MR) is 119 cm³/mol. The zero-order valence-electron chi connectivity index (χ0n) is 16.1. The van der Waals surface area contributed by atoms with Crippen LogP contribution >= 0.6 is 34.7 Å². The standard InChI is InChI=1S/C20H19ClN4O3S2/c1-2-28-16-8-6-13(7-9-16)11-22-17(26)12-29-20-25-24-19(30-20)18(27)23-15-5-3-4-14(21)10-15/h3-10H,2,11-12H2,1H3,(H,22,26)(H,23,27). The molecule has 0 fully saturated rings. The number of anilines is 1. The second-order valence-corrected chi connectivity index (χ2v) is 8.62. The van der Waals surface area contributed by atoms with E-state index in [0.29, 0.717) is 28.2 Å². The van der Waals surface area contributed by atoms with Crippen molar-refractivity contribution in [2.24, 2.45) is 0 Å². The molecule has 2 amide bonds. The molecule has 0 bridgehead atoms. The first kappa shape index (κ1) is 22.1. The Morgan fingerprint density at radius 2 is 1.97 bits per heavy atom. The third kappa shape index (κ3) is 6.72. The zero-order valence-corrected chi connectivity index (χ0v) is 18.4. The summed E-state index contributed by atoms with van der Waals surface area (Å²) in [6, 6.07) is 14.4. The van der Waals surface area contributed by atoms with Crippen molar-refractivity contribution in [3.05, 3.63) is 64.1 Å². The fourth-order valence-corrected chi connectivity index (χ4v) is 4.13. The molecule has 0 saturated carbocycles. The Hall–Kier alpha value is -2.62. The Morgan fingerprint density at radius 3 is 2.70 bits per heavy atom. The number of carbonyl (C=O) groups excluding carboxylic acids is 2. The summed E-state index contributed by atoms with van der Waals surface area (Å²) >= 11 is 8.27. The Morgan fingerprint density at radius 1 is 1.17 bits per heavy atom. The van der Waals surface area contributed by atoms with E-state index in [4.69, 9.17) is 16.3 Å². The minimum atomic E-state index is -0.374. The van der Waals surface area contributed by atoms with Gasteiger partial charge in [-0.2, -0.15) is 0 Å². The molecular weight excluding hydrogens is 444 g/mol. The molecule has 0 atom stereocenters. The average molecular weight is 463 g/mol. The van der Waals surface area contributed by atoms with E-state index in [0.717, 1.165) is 22.6 Å². The number of nitrogens with one attached hydrogen (secondary N) is 2. The van der Waals surface area contributed by atoms with Gasteiger partial charge in [0.1, 0.15) is 5.75 Å². The molecule has 3 aromatic rings. The van der Waals surface area contributed by atoms with Crippen LogP contribution in [0.5, 0.6) is 5.75 Å². The Labute approximate surface area is 187 Å². The molecule has 1 heterocycles. The number of carbonyl (C=O) groups is 2. The molecule has 10 heteroatoms. The fourth-order valence-electron chi connectivity index (χ4n) is 2.36. The average Bonchev–Trinajstić information content (AvgIpc) is 3.21. The second kappa shape index (κ2) is 11.0. The SMILES string of the molecule is CCOc1ccc(CNC(=O)CSc2nnc(C(=O)Nc3cccc(Cl)c3)s2)cc1. The van der Waals surface area contributed by atoms with Crippen LogP contribution in [-0.4, -0.2) is 34.4 Å². The third-order valence-electron chi connectivity index (χ3n) is 3.73. The highest BCUT2D eigenvalue weighted by Gasteiger charge is 2.14. The number of rotatable bonds is 9. The largest absolute Gasteiger partial charge is 0.494 e. The number of aromatic nitrogens is 2. The minimum absolute atomic E-state index is 0.131. The van der Waals surface area contributed by atoms with E-state index in [9.17, 15) is 9.59 Å². The van der Waals surface area contributed by atoms with E-state index in [1.54, 1.807) is 24.3 Å². The summed E-state index contributed by atoms with van der Waals surface area (Å²) in [5, 5.41) is 14.2. The summed E-state index contributed by atoms with van der Waals surface area (Å²) in [6.07, 6.45) is 0. The van der Waals surface area contributed by atoms with Gasteiger partial charge in [0.25, 0.3) is 5.91 Å². The van der Waals surface area contributed by atoms with Crippen molar-refractivity contribution < 1.29 is 14.3 Å². The first-order valence-corrected chi connectivity index (χ1v) is 11.2. The predicted octanol–water partition coefficient (Wildman–Crippen LogP) is 4.25. The lowest BCUT2D eigenvalue weighted by Crippen LogP contribution is -2.24. The molecule has 2 aromatic carbocycles. The number of amides is 2. The van der Waals surface area contributed by atoms with E-state index in [2.05, 4.69) is 20.8 Å². The van der Waals surface area contributed by atoms with Crippen molar-refractivity contribution >= 4 is 52.2 Å². The van der Waals surface area contributed by atoms with E-state index in [-0.39, 0.29) is 22.6 Å². The van der Waals surface area contributed by atoms with E-state index < -0.39 is 0 Å². The van der Waals surface area contributed by atoms with Crippen LogP contribution in [0.3, 0.4) is 0 Å². The van der Waals surface area contributed by atoms with Crippen molar-refractivity contribution in [1.29, 1.82) is 0 Å². The van der Waals surface area contributed by atoms with Gasteiger partial charge in [0.15, 0.2) is 4.34 Å². The Balaban J connectivity index is 1.44. The van der Waals surface area contributed by atoms with Gasteiger partial charge in [0, 0.05) is 17.3 Å². The van der Waals surface area contributed by atoms with Gasteiger partial charge in [-0.15, -0.1) is 10.2 Å². The van der Waals surface area contributed by atoms with Crippen LogP contribution in [0.4, 0.5) is 5.69 Å². The van der Waals surface area contributed by atoms with Crippen LogP contribution in [0.1, 0.15) is 22.3 Å². The molecule has 0 saturated heterocycles. The highest BCUT2D eigenvalue weighted by molar-refractivity contribution is 8.01. The molecule has 0 spiro atoms. The van der Waals surface area contributed by atoms with E-state index in [1.807, 2.05) is 31.2 Å². The van der Waals surface area contributed by atoms with Crippen molar-refractivity contribution in [2.45, 2.75) is 17.8 Å². The summed E-state index contributed by atoms with van der Waals surface area (Å²) in [4.78, 5) is 24.3. The third-order valence-corrected chi connectivity index (χ3v) is 6.02. The summed E-state index contributed by atoms with van der Waals surface area (Å²) in [6.45, 7) is 2.97. The lowest BCUT2D eigenvalue weighted by atomic mass is 10.2. The summed E-state index contributed by atoms with van der Waals surface area (Å²) in [7, 11) is 0. The zero-order chi connectivity index (χ0) is 21.3. The van der Waals surface area contributed by atoms with Crippen LogP contribution in [-0.2, 0) is 11.3 Å². The highest BCUT2D eigenvalue weighted by Crippen LogP contribution is 2.23. The van der Waals surface area contributed by atoms with Crippen molar-refractivity contribution in [1.82, 2.24) is 15.5 Å². The van der Waals surface area contributed by atoms with Crippen LogP contribution in [0, 0.1) is 0 Å². The molecule has 156 valence electrons. The van der Waals surface area contributed by atoms with Crippen LogP contribution in [0.15, 0.2) is 52.9 Å². The van der Waals surface area contributed by atoms with Gasteiger partial charge in [-0.25, -0.2) is 0 Å². The molecule has 0 aliphatic rings. The van der Waals surface area contributed by atoms with Crippen LogP contribution in [0.25, 0.3) is 0 Å². The fraction of sp³-hybridized carbons (Fsp3) is 0.200. The number of thioether (sulfide) groups is 1. The quantitative estimate of drug-likeness (QED) is 0.462. The smallest absolute Gasteiger partial charge is 0.286 e. The summed E-state index contributed by atoms with van der Waals surface area (Å²) in [5.41, 5.74) is 1.55. The van der Waals surface area contributed by atoms with Crippen molar-refractivity contribution in [3.63, 3.8) is 0 Å². The molecule has 3 rings (SSSR count). The van der Waals surface area contributed by atoms with Gasteiger partial charge in [-0.3, -0.25) is 9.59 Å². The minimum Gasteiger partial charge on any atom is -0.494 e.